The fourth-order valence-electron chi connectivity index (χ4n) is 3.76. The summed E-state index contributed by atoms with van der Waals surface area (Å²) in [7, 11) is 3.44. The van der Waals surface area contributed by atoms with Crippen molar-refractivity contribution in [3.8, 4) is 0 Å². The van der Waals surface area contributed by atoms with E-state index in [0.29, 0.717) is 0 Å². The van der Waals surface area contributed by atoms with E-state index in [1.165, 1.54) is 24.3 Å². The molecule has 0 saturated heterocycles. The van der Waals surface area contributed by atoms with Crippen LogP contribution in [0.25, 0.3) is 10.9 Å². The first-order valence-electron chi connectivity index (χ1n) is 8.89. The molecule has 3 aromatic rings. The van der Waals surface area contributed by atoms with Crippen LogP contribution in [-0.4, -0.2) is 46.5 Å². The van der Waals surface area contributed by atoms with Crippen LogP contribution in [0.5, 0.6) is 0 Å². The molecule has 1 aliphatic rings. The summed E-state index contributed by atoms with van der Waals surface area (Å²) < 4.78 is 12.3. The number of ketones is 1. The fraction of sp³-hybridized carbons (Fsp3) is 0.238. The van der Waals surface area contributed by atoms with Gasteiger partial charge in [0.1, 0.15) is 0 Å². The average molecular weight is 380 g/mol. The van der Waals surface area contributed by atoms with Crippen LogP contribution in [0.1, 0.15) is 22.2 Å². The number of aliphatic hydroxyl groups excluding tert-OH is 1. The van der Waals surface area contributed by atoms with Gasteiger partial charge in [0.15, 0.2) is 11.5 Å². The summed E-state index contributed by atoms with van der Waals surface area (Å²) in [5.74, 6) is -1.57. The molecule has 0 radical (unpaired) electrons. The second-order valence-corrected chi connectivity index (χ2v) is 6.68. The standard InChI is InChI=1S/C21H20N2O5/c1-22-12-14(13-6-3-4-7-15(13)22)18-17(19(24)16-8-5-10-28-16)20(25)21(26)23(18)9-11-27-2/h3-8,10,12,18,25H,9,11H2,1-2H3. The van der Waals surface area contributed by atoms with Crippen LogP contribution in [0.3, 0.4) is 0 Å². The highest BCUT2D eigenvalue weighted by Gasteiger charge is 2.45. The van der Waals surface area contributed by atoms with Gasteiger partial charge >= 0.3 is 0 Å². The van der Waals surface area contributed by atoms with Crippen molar-refractivity contribution in [2.24, 2.45) is 7.05 Å². The number of Topliss-reactive ketones (excluding diaryl/α,β-unsaturated/α-hetero) is 1. The number of rotatable bonds is 6. The van der Waals surface area contributed by atoms with E-state index in [-0.39, 0.29) is 24.5 Å². The van der Waals surface area contributed by atoms with Crippen molar-refractivity contribution in [1.29, 1.82) is 0 Å². The minimum Gasteiger partial charge on any atom is -0.503 e. The number of fused-ring (bicyclic) bond motifs is 1. The molecule has 1 aromatic carbocycles. The number of carbonyl (C=O) groups excluding carboxylic acids is 2. The highest BCUT2D eigenvalue weighted by atomic mass is 16.5. The zero-order valence-electron chi connectivity index (χ0n) is 15.6. The molecule has 0 saturated carbocycles. The molecule has 4 rings (SSSR count). The molecule has 28 heavy (non-hydrogen) atoms. The Bertz CT molecular complexity index is 1080. The Labute approximate surface area is 161 Å². The number of ether oxygens (including phenoxy) is 1. The lowest BCUT2D eigenvalue weighted by Crippen LogP contribution is -2.33. The van der Waals surface area contributed by atoms with Crippen molar-refractivity contribution in [2.75, 3.05) is 20.3 Å². The first-order chi connectivity index (χ1) is 13.5. The van der Waals surface area contributed by atoms with E-state index in [0.717, 1.165) is 16.5 Å². The van der Waals surface area contributed by atoms with E-state index in [2.05, 4.69) is 0 Å². The van der Waals surface area contributed by atoms with E-state index in [1.54, 1.807) is 6.07 Å². The van der Waals surface area contributed by atoms with Gasteiger partial charge in [0.25, 0.3) is 5.91 Å². The van der Waals surface area contributed by atoms with Gasteiger partial charge in [-0.15, -0.1) is 0 Å². The van der Waals surface area contributed by atoms with Crippen molar-refractivity contribution in [3.05, 3.63) is 71.5 Å². The first kappa shape index (κ1) is 18.1. The second-order valence-electron chi connectivity index (χ2n) is 6.68. The van der Waals surface area contributed by atoms with Crippen LogP contribution in [-0.2, 0) is 16.6 Å². The summed E-state index contributed by atoms with van der Waals surface area (Å²) in [5, 5.41) is 11.5. The van der Waals surface area contributed by atoms with Crippen LogP contribution in [0.2, 0.25) is 0 Å². The Kier molecular flexibility index (Phi) is 4.52. The summed E-state index contributed by atoms with van der Waals surface area (Å²) in [6, 6.07) is 10.1. The number of hydrogen-bond donors (Lipinski definition) is 1. The third kappa shape index (κ3) is 2.71. The molecule has 2 aromatic heterocycles. The summed E-state index contributed by atoms with van der Waals surface area (Å²) >= 11 is 0. The predicted octanol–water partition coefficient (Wildman–Crippen LogP) is 3.00. The number of aryl methyl sites for hydroxylation is 1. The number of furan rings is 1. The van der Waals surface area contributed by atoms with Crippen LogP contribution < -0.4 is 0 Å². The summed E-state index contributed by atoms with van der Waals surface area (Å²) in [6.45, 7) is 0.519. The van der Waals surface area contributed by atoms with Gasteiger partial charge in [0, 0.05) is 43.4 Å². The molecular weight excluding hydrogens is 360 g/mol. The highest BCUT2D eigenvalue weighted by Crippen LogP contribution is 2.41. The van der Waals surface area contributed by atoms with Crippen LogP contribution in [0, 0.1) is 0 Å². The average Bonchev–Trinajstić information content (AvgIpc) is 3.40. The number of methoxy groups -OCH3 is 1. The molecule has 0 aliphatic carbocycles. The number of nitrogens with zero attached hydrogens (tertiary/aromatic N) is 2. The van der Waals surface area contributed by atoms with E-state index in [4.69, 9.17) is 9.15 Å². The van der Waals surface area contributed by atoms with E-state index < -0.39 is 23.5 Å². The van der Waals surface area contributed by atoms with Crippen LogP contribution in [0.15, 0.2) is 64.6 Å². The molecule has 1 amide bonds. The third-order valence-corrected chi connectivity index (χ3v) is 5.05. The summed E-state index contributed by atoms with van der Waals surface area (Å²) in [4.78, 5) is 27.3. The van der Waals surface area contributed by atoms with Gasteiger partial charge < -0.3 is 23.7 Å². The molecule has 7 heteroatoms. The molecular formula is C21H20N2O5. The number of hydrogen-bond acceptors (Lipinski definition) is 5. The van der Waals surface area contributed by atoms with Crippen LogP contribution in [0.4, 0.5) is 0 Å². The minimum absolute atomic E-state index is 0.0207. The lowest BCUT2D eigenvalue weighted by atomic mass is 9.94. The molecule has 0 fully saturated rings. The van der Waals surface area contributed by atoms with Gasteiger partial charge in [-0.25, -0.2) is 0 Å². The second kappa shape index (κ2) is 7.01. The Morgan fingerprint density at radius 2 is 2.04 bits per heavy atom. The topological polar surface area (TPSA) is 84.9 Å². The monoisotopic (exact) mass is 380 g/mol. The number of benzene rings is 1. The quantitative estimate of drug-likeness (QED) is 0.665. The number of aromatic nitrogens is 1. The van der Waals surface area contributed by atoms with Crippen LogP contribution >= 0.6 is 0 Å². The van der Waals surface area contributed by atoms with Gasteiger partial charge in [-0.2, -0.15) is 0 Å². The van der Waals surface area contributed by atoms with Crippen molar-refractivity contribution in [1.82, 2.24) is 9.47 Å². The molecule has 1 unspecified atom stereocenters. The minimum atomic E-state index is -0.730. The van der Waals surface area contributed by atoms with Gasteiger partial charge in [0.2, 0.25) is 5.78 Å². The summed E-state index contributed by atoms with van der Waals surface area (Å²) in [6.07, 6.45) is 3.27. The van der Waals surface area contributed by atoms with E-state index in [1.807, 2.05) is 42.1 Å². The van der Waals surface area contributed by atoms with Crippen molar-refractivity contribution in [2.45, 2.75) is 6.04 Å². The molecule has 7 nitrogen and oxygen atoms in total. The molecule has 0 bridgehead atoms. The van der Waals surface area contributed by atoms with Crippen molar-refractivity contribution < 1.29 is 23.8 Å². The third-order valence-electron chi connectivity index (χ3n) is 5.05. The zero-order chi connectivity index (χ0) is 19.8. The van der Waals surface area contributed by atoms with E-state index >= 15 is 0 Å². The smallest absolute Gasteiger partial charge is 0.290 e. The zero-order valence-corrected chi connectivity index (χ0v) is 15.6. The SMILES string of the molecule is COCCN1C(=O)C(O)=C(C(=O)c2ccco2)C1c1cn(C)c2ccccc12. The Morgan fingerprint density at radius 3 is 2.75 bits per heavy atom. The predicted molar refractivity (Wildman–Crippen MR) is 102 cm³/mol. The maximum absolute atomic E-state index is 13.1. The molecule has 3 heterocycles. The normalized spacial score (nSPS) is 17.1. The fourth-order valence-corrected chi connectivity index (χ4v) is 3.76. The number of amides is 1. The highest BCUT2D eigenvalue weighted by molar-refractivity contribution is 6.15. The van der Waals surface area contributed by atoms with Crippen molar-refractivity contribution in [3.63, 3.8) is 0 Å². The maximum atomic E-state index is 13.1. The summed E-state index contributed by atoms with van der Waals surface area (Å²) in [5.41, 5.74) is 1.75. The van der Waals surface area contributed by atoms with Gasteiger partial charge in [0.05, 0.1) is 24.5 Å². The molecule has 1 atom stereocenters. The lowest BCUT2D eigenvalue weighted by Gasteiger charge is -2.26. The number of aliphatic hydroxyl groups is 1. The Balaban J connectivity index is 1.90. The first-order valence-corrected chi connectivity index (χ1v) is 8.89. The van der Waals surface area contributed by atoms with Crippen molar-refractivity contribution >= 4 is 22.6 Å². The Morgan fingerprint density at radius 1 is 1.25 bits per heavy atom. The molecule has 144 valence electrons. The maximum Gasteiger partial charge on any atom is 0.290 e. The molecule has 0 spiro atoms. The van der Waals surface area contributed by atoms with Gasteiger partial charge in [-0.3, -0.25) is 9.59 Å². The largest absolute Gasteiger partial charge is 0.503 e. The van der Waals surface area contributed by atoms with E-state index in [9.17, 15) is 14.7 Å². The number of carbonyl (C=O) groups is 2. The van der Waals surface area contributed by atoms with Gasteiger partial charge in [-0.1, -0.05) is 18.2 Å². The number of para-hydroxylation sites is 1. The molecule has 1 N–H and O–H groups in total. The Hall–Kier alpha value is -3.32. The molecule has 1 aliphatic heterocycles. The van der Waals surface area contributed by atoms with Gasteiger partial charge in [-0.05, 0) is 18.2 Å². The lowest BCUT2D eigenvalue weighted by molar-refractivity contribution is -0.130.